The van der Waals surface area contributed by atoms with Crippen molar-refractivity contribution in [1.82, 2.24) is 14.4 Å². The van der Waals surface area contributed by atoms with Gasteiger partial charge in [0.15, 0.2) is 0 Å². The number of benzene rings is 2. The molecule has 2 aromatic carbocycles. The van der Waals surface area contributed by atoms with Crippen LogP contribution in [0.1, 0.15) is 54.9 Å². The average molecular weight is 496 g/mol. The smallest absolute Gasteiger partial charge is 0.256 e. The quantitative estimate of drug-likeness (QED) is 0.403. The van der Waals surface area contributed by atoms with Crippen molar-refractivity contribution in [2.45, 2.75) is 52.2 Å². The van der Waals surface area contributed by atoms with Gasteiger partial charge in [0.1, 0.15) is 12.4 Å². The standard InChI is InChI=1S/C29H37N3O2.ClH/c1-2-30-16-18-31(19-17-30)29(33)26-21-32(20-23-10-5-3-6-11-23)28-25(26)14-9-15-27(28)34-22-24-12-7-4-8-13-24;/h4,7-9,12-15,21,23H,2-3,5-6,10-11,16-20,22H2,1H3;1H. The molecule has 3 aromatic rings. The first kappa shape index (κ1) is 25.6. The Balaban J connectivity index is 0.00000289. The molecule has 2 heterocycles. The molecule has 1 saturated carbocycles. The molecule has 2 fully saturated rings. The van der Waals surface area contributed by atoms with Gasteiger partial charge in [0, 0.05) is 44.3 Å². The zero-order valence-electron chi connectivity index (χ0n) is 20.8. The molecular weight excluding hydrogens is 458 g/mol. The number of aromatic nitrogens is 1. The first-order valence-corrected chi connectivity index (χ1v) is 13.0. The molecule has 5 nitrogen and oxygen atoms in total. The van der Waals surface area contributed by atoms with Crippen molar-refractivity contribution in [3.63, 3.8) is 0 Å². The summed E-state index contributed by atoms with van der Waals surface area (Å²) in [5.74, 6) is 1.69. The van der Waals surface area contributed by atoms with Gasteiger partial charge in [-0.15, -0.1) is 12.4 Å². The van der Waals surface area contributed by atoms with Crippen LogP contribution in [-0.4, -0.2) is 53.0 Å². The number of carbonyl (C=O) groups is 1. The van der Waals surface area contributed by atoms with Crippen LogP contribution in [0.15, 0.2) is 54.7 Å². The minimum Gasteiger partial charge on any atom is -0.487 e. The fraction of sp³-hybridized carbons (Fsp3) is 0.483. The molecule has 5 rings (SSSR count). The number of piperazine rings is 1. The Morgan fingerprint density at radius 1 is 0.943 bits per heavy atom. The summed E-state index contributed by atoms with van der Waals surface area (Å²) in [4.78, 5) is 18.1. The molecule has 1 aliphatic heterocycles. The number of carbonyl (C=O) groups excluding carboxylic acids is 1. The normalized spacial score (nSPS) is 17.3. The SMILES string of the molecule is CCN1CCN(C(=O)c2cn(CC3CCCCC3)c3c(OCc4ccccc4)cccc23)CC1.Cl. The number of para-hydroxylation sites is 1. The molecule has 1 aliphatic carbocycles. The predicted molar refractivity (Wildman–Crippen MR) is 145 cm³/mol. The van der Waals surface area contributed by atoms with Gasteiger partial charge in [0.05, 0.1) is 11.1 Å². The van der Waals surface area contributed by atoms with Crippen LogP contribution in [0, 0.1) is 5.92 Å². The number of halogens is 1. The van der Waals surface area contributed by atoms with Gasteiger partial charge in [-0.2, -0.15) is 0 Å². The predicted octanol–water partition coefficient (Wildman–Crippen LogP) is 6.00. The van der Waals surface area contributed by atoms with E-state index in [9.17, 15) is 4.79 Å². The summed E-state index contributed by atoms with van der Waals surface area (Å²) < 4.78 is 8.67. The maximum Gasteiger partial charge on any atom is 0.256 e. The molecule has 0 N–H and O–H groups in total. The highest BCUT2D eigenvalue weighted by Gasteiger charge is 2.26. The molecule has 1 aromatic heterocycles. The molecule has 0 radical (unpaired) electrons. The number of ether oxygens (including phenoxy) is 1. The van der Waals surface area contributed by atoms with Gasteiger partial charge in [0.25, 0.3) is 5.91 Å². The highest BCUT2D eigenvalue weighted by atomic mass is 35.5. The zero-order valence-corrected chi connectivity index (χ0v) is 21.6. The number of rotatable bonds is 7. The van der Waals surface area contributed by atoms with Crippen molar-refractivity contribution in [1.29, 1.82) is 0 Å². The van der Waals surface area contributed by atoms with Crippen LogP contribution in [0.2, 0.25) is 0 Å². The number of likely N-dealkylation sites (N-methyl/N-ethyl adjacent to an activating group) is 1. The van der Waals surface area contributed by atoms with Crippen molar-refractivity contribution in [2.24, 2.45) is 5.92 Å². The number of amides is 1. The number of nitrogens with zero attached hydrogens (tertiary/aromatic N) is 3. The van der Waals surface area contributed by atoms with E-state index in [4.69, 9.17) is 4.74 Å². The molecule has 0 atom stereocenters. The molecule has 1 saturated heterocycles. The van der Waals surface area contributed by atoms with E-state index in [0.717, 1.165) is 67.0 Å². The monoisotopic (exact) mass is 495 g/mol. The number of fused-ring (bicyclic) bond motifs is 1. The molecule has 6 heteroatoms. The van der Waals surface area contributed by atoms with E-state index in [-0.39, 0.29) is 18.3 Å². The van der Waals surface area contributed by atoms with Crippen LogP contribution < -0.4 is 4.74 Å². The Kier molecular flexibility index (Phi) is 8.74. The van der Waals surface area contributed by atoms with Crippen LogP contribution in [0.5, 0.6) is 5.75 Å². The van der Waals surface area contributed by atoms with Crippen LogP contribution in [0.25, 0.3) is 10.9 Å². The Hall–Kier alpha value is -2.50. The zero-order chi connectivity index (χ0) is 23.3. The van der Waals surface area contributed by atoms with Crippen molar-refractivity contribution >= 4 is 29.2 Å². The van der Waals surface area contributed by atoms with E-state index in [2.05, 4.69) is 46.9 Å². The van der Waals surface area contributed by atoms with E-state index < -0.39 is 0 Å². The van der Waals surface area contributed by atoms with Gasteiger partial charge in [-0.05, 0) is 36.9 Å². The van der Waals surface area contributed by atoms with Crippen molar-refractivity contribution in [2.75, 3.05) is 32.7 Å². The summed E-state index contributed by atoms with van der Waals surface area (Å²) in [6, 6.07) is 16.5. The molecular formula is C29H38ClN3O2. The van der Waals surface area contributed by atoms with E-state index in [1.807, 2.05) is 29.2 Å². The second-order valence-electron chi connectivity index (χ2n) is 9.85. The maximum absolute atomic E-state index is 13.7. The number of hydrogen-bond acceptors (Lipinski definition) is 3. The summed E-state index contributed by atoms with van der Waals surface area (Å²) in [5, 5.41) is 1.02. The first-order valence-electron chi connectivity index (χ1n) is 13.0. The molecule has 35 heavy (non-hydrogen) atoms. The third kappa shape index (κ3) is 5.84. The van der Waals surface area contributed by atoms with Gasteiger partial charge in [0.2, 0.25) is 0 Å². The van der Waals surface area contributed by atoms with Crippen LogP contribution in [0.4, 0.5) is 0 Å². The number of hydrogen-bond donors (Lipinski definition) is 0. The molecule has 188 valence electrons. The summed E-state index contributed by atoms with van der Waals surface area (Å²) >= 11 is 0. The highest BCUT2D eigenvalue weighted by Crippen LogP contribution is 2.34. The van der Waals surface area contributed by atoms with Crippen molar-refractivity contribution in [3.8, 4) is 5.75 Å². The van der Waals surface area contributed by atoms with E-state index >= 15 is 0 Å². The minimum atomic E-state index is 0. The highest BCUT2D eigenvalue weighted by molar-refractivity contribution is 6.08. The van der Waals surface area contributed by atoms with E-state index in [0.29, 0.717) is 12.5 Å². The Morgan fingerprint density at radius 3 is 2.40 bits per heavy atom. The molecule has 2 aliphatic rings. The lowest BCUT2D eigenvalue weighted by Gasteiger charge is -2.34. The van der Waals surface area contributed by atoms with E-state index in [1.54, 1.807) is 0 Å². The maximum atomic E-state index is 13.7. The van der Waals surface area contributed by atoms with Crippen molar-refractivity contribution in [3.05, 3.63) is 65.9 Å². The summed E-state index contributed by atoms with van der Waals surface area (Å²) in [6.07, 6.45) is 8.64. The van der Waals surface area contributed by atoms with Crippen LogP contribution >= 0.6 is 12.4 Å². The average Bonchev–Trinajstić information content (AvgIpc) is 3.27. The third-order valence-corrected chi connectivity index (χ3v) is 7.62. The minimum absolute atomic E-state index is 0. The molecule has 1 amide bonds. The first-order chi connectivity index (χ1) is 16.7. The second-order valence-corrected chi connectivity index (χ2v) is 9.85. The van der Waals surface area contributed by atoms with Gasteiger partial charge in [-0.3, -0.25) is 4.79 Å². The fourth-order valence-corrected chi connectivity index (χ4v) is 5.58. The fourth-order valence-electron chi connectivity index (χ4n) is 5.58. The molecule has 0 unspecified atom stereocenters. The Morgan fingerprint density at radius 2 is 1.69 bits per heavy atom. The molecule has 0 spiro atoms. The summed E-state index contributed by atoms with van der Waals surface area (Å²) in [6.45, 7) is 8.22. The van der Waals surface area contributed by atoms with Gasteiger partial charge in [-0.1, -0.05) is 68.7 Å². The Labute approximate surface area is 215 Å². The van der Waals surface area contributed by atoms with Gasteiger partial charge in [-0.25, -0.2) is 0 Å². The third-order valence-electron chi connectivity index (χ3n) is 7.62. The largest absolute Gasteiger partial charge is 0.487 e. The topological polar surface area (TPSA) is 37.7 Å². The van der Waals surface area contributed by atoms with Crippen LogP contribution in [0.3, 0.4) is 0 Å². The van der Waals surface area contributed by atoms with E-state index in [1.165, 1.54) is 32.1 Å². The van der Waals surface area contributed by atoms with Gasteiger partial charge >= 0.3 is 0 Å². The lowest BCUT2D eigenvalue weighted by molar-refractivity contribution is 0.0645. The second kappa shape index (κ2) is 12.0. The lowest BCUT2D eigenvalue weighted by Crippen LogP contribution is -2.48. The Bertz CT molecular complexity index is 1100. The van der Waals surface area contributed by atoms with Crippen LogP contribution in [-0.2, 0) is 13.2 Å². The lowest BCUT2D eigenvalue weighted by atomic mass is 9.89. The summed E-state index contributed by atoms with van der Waals surface area (Å²) in [7, 11) is 0. The van der Waals surface area contributed by atoms with Gasteiger partial charge < -0.3 is 19.1 Å². The van der Waals surface area contributed by atoms with Crippen molar-refractivity contribution < 1.29 is 9.53 Å². The summed E-state index contributed by atoms with van der Waals surface area (Å²) in [5.41, 5.74) is 3.04. The molecule has 0 bridgehead atoms.